The number of carbonyl (C=O) groups is 1. The maximum absolute atomic E-state index is 11.6. The molecule has 0 fully saturated rings. The average Bonchev–Trinajstić information content (AvgIpc) is 2.44. The summed E-state index contributed by atoms with van der Waals surface area (Å²) in [4.78, 5) is 17.7. The molecule has 1 aromatic rings. The van der Waals surface area contributed by atoms with Crippen LogP contribution in [0.4, 0.5) is 0 Å². The van der Waals surface area contributed by atoms with Gasteiger partial charge in [-0.25, -0.2) is 0 Å². The van der Waals surface area contributed by atoms with Gasteiger partial charge >= 0.3 is 0 Å². The Morgan fingerprint density at radius 2 is 2.20 bits per heavy atom. The van der Waals surface area contributed by atoms with E-state index in [0.717, 1.165) is 38.1 Å². The number of nitrogens with zero attached hydrogens (tertiary/aromatic N) is 2. The van der Waals surface area contributed by atoms with Crippen LogP contribution in [0.25, 0.3) is 0 Å². The van der Waals surface area contributed by atoms with Crippen molar-refractivity contribution < 1.29 is 9.53 Å². The van der Waals surface area contributed by atoms with Crippen LogP contribution in [0.1, 0.15) is 25.7 Å². The molecule has 0 saturated heterocycles. The molecule has 0 unspecified atom stereocenters. The molecule has 5 nitrogen and oxygen atoms in total. The van der Waals surface area contributed by atoms with Crippen LogP contribution in [-0.4, -0.2) is 49.6 Å². The van der Waals surface area contributed by atoms with Crippen LogP contribution in [0.15, 0.2) is 24.5 Å². The fourth-order valence-corrected chi connectivity index (χ4v) is 1.72. The quantitative estimate of drug-likeness (QED) is 0.662. The van der Waals surface area contributed by atoms with Gasteiger partial charge in [0.25, 0.3) is 0 Å². The molecule has 0 aliphatic rings. The summed E-state index contributed by atoms with van der Waals surface area (Å²) in [6.07, 6.45) is 6.74. The molecule has 0 atom stereocenters. The van der Waals surface area contributed by atoms with Gasteiger partial charge in [-0.15, -0.1) is 0 Å². The van der Waals surface area contributed by atoms with Crippen molar-refractivity contribution in [2.75, 3.05) is 33.8 Å². The lowest BCUT2D eigenvalue weighted by molar-refractivity contribution is -0.121. The number of carbonyl (C=O) groups excluding carboxylic acids is 1. The lowest BCUT2D eigenvalue weighted by Crippen LogP contribution is -2.25. The monoisotopic (exact) mass is 279 g/mol. The Balaban J connectivity index is 1.95. The summed E-state index contributed by atoms with van der Waals surface area (Å²) in [5.74, 6) is 0.848. The molecular weight excluding hydrogens is 254 g/mol. The number of rotatable bonds is 10. The summed E-state index contributed by atoms with van der Waals surface area (Å²) in [6.45, 7) is 2.37. The summed E-state index contributed by atoms with van der Waals surface area (Å²) in [5, 5.41) is 2.93. The number of unbranched alkanes of at least 4 members (excludes halogenated alkanes) is 1. The highest BCUT2D eigenvalue weighted by Crippen LogP contribution is 2.06. The number of ether oxygens (including phenoxy) is 1. The Bertz CT molecular complexity index is 369. The van der Waals surface area contributed by atoms with Crippen molar-refractivity contribution in [1.82, 2.24) is 15.2 Å². The molecule has 20 heavy (non-hydrogen) atoms. The summed E-state index contributed by atoms with van der Waals surface area (Å²) < 4.78 is 5.48. The second-order valence-electron chi connectivity index (χ2n) is 5.00. The van der Waals surface area contributed by atoms with Crippen molar-refractivity contribution >= 4 is 5.91 Å². The van der Waals surface area contributed by atoms with E-state index in [0.29, 0.717) is 13.0 Å². The van der Waals surface area contributed by atoms with Crippen molar-refractivity contribution in [1.29, 1.82) is 0 Å². The maximum Gasteiger partial charge on any atom is 0.220 e. The second-order valence-corrected chi connectivity index (χ2v) is 5.00. The third kappa shape index (κ3) is 8.48. The van der Waals surface area contributed by atoms with Gasteiger partial charge in [0.2, 0.25) is 5.91 Å². The first-order valence-electron chi connectivity index (χ1n) is 7.13. The van der Waals surface area contributed by atoms with E-state index in [2.05, 4.69) is 29.3 Å². The minimum absolute atomic E-state index is 0.102. The lowest BCUT2D eigenvalue weighted by atomic mass is 10.2. The Morgan fingerprint density at radius 3 is 2.90 bits per heavy atom. The number of amides is 1. The topological polar surface area (TPSA) is 54.5 Å². The molecule has 1 rings (SSSR count). The van der Waals surface area contributed by atoms with E-state index < -0.39 is 0 Å². The van der Waals surface area contributed by atoms with Crippen LogP contribution in [0, 0.1) is 0 Å². The van der Waals surface area contributed by atoms with E-state index in [-0.39, 0.29) is 5.91 Å². The van der Waals surface area contributed by atoms with Gasteiger partial charge in [0, 0.05) is 19.2 Å². The number of nitrogens with one attached hydrogen (secondary N) is 1. The van der Waals surface area contributed by atoms with Gasteiger partial charge < -0.3 is 15.0 Å². The van der Waals surface area contributed by atoms with Crippen LogP contribution < -0.4 is 10.1 Å². The van der Waals surface area contributed by atoms with Crippen molar-refractivity contribution in [3.63, 3.8) is 0 Å². The van der Waals surface area contributed by atoms with Gasteiger partial charge in [0.05, 0.1) is 12.8 Å². The highest BCUT2D eigenvalue weighted by atomic mass is 16.5. The van der Waals surface area contributed by atoms with Gasteiger partial charge in [-0.05, 0) is 52.0 Å². The molecule has 1 heterocycles. The first-order chi connectivity index (χ1) is 9.68. The summed E-state index contributed by atoms with van der Waals surface area (Å²) >= 11 is 0. The highest BCUT2D eigenvalue weighted by molar-refractivity contribution is 5.75. The number of hydrogen-bond donors (Lipinski definition) is 1. The smallest absolute Gasteiger partial charge is 0.220 e. The fraction of sp³-hybridized carbons (Fsp3) is 0.600. The number of hydrogen-bond acceptors (Lipinski definition) is 4. The molecule has 0 aromatic carbocycles. The van der Waals surface area contributed by atoms with E-state index in [1.54, 1.807) is 12.4 Å². The van der Waals surface area contributed by atoms with Gasteiger partial charge in [-0.2, -0.15) is 0 Å². The molecule has 0 spiro atoms. The van der Waals surface area contributed by atoms with Crippen LogP contribution in [-0.2, 0) is 4.79 Å². The standard InChI is InChI=1S/C15H25N3O2/c1-18(2)11-4-3-10-17-15(19)8-6-12-20-14-7-5-9-16-13-14/h5,7,9,13H,3-4,6,8,10-12H2,1-2H3,(H,17,19). The van der Waals surface area contributed by atoms with Gasteiger partial charge in [0.15, 0.2) is 0 Å². The van der Waals surface area contributed by atoms with Crippen LogP contribution in [0.3, 0.4) is 0 Å². The molecule has 5 heteroatoms. The molecule has 1 N–H and O–H groups in total. The third-order valence-corrected chi connectivity index (χ3v) is 2.81. The Morgan fingerprint density at radius 1 is 1.35 bits per heavy atom. The summed E-state index contributed by atoms with van der Waals surface area (Å²) in [5.41, 5.74) is 0. The average molecular weight is 279 g/mol. The largest absolute Gasteiger partial charge is 0.492 e. The predicted molar refractivity (Wildman–Crippen MR) is 79.8 cm³/mol. The van der Waals surface area contributed by atoms with Gasteiger partial charge in [0.1, 0.15) is 5.75 Å². The number of pyridine rings is 1. The van der Waals surface area contributed by atoms with E-state index in [9.17, 15) is 4.79 Å². The van der Waals surface area contributed by atoms with Crippen molar-refractivity contribution in [3.8, 4) is 5.75 Å². The molecule has 0 bridgehead atoms. The second kappa shape index (κ2) is 10.2. The van der Waals surface area contributed by atoms with E-state index in [4.69, 9.17) is 4.74 Å². The Labute approximate surface area is 121 Å². The molecule has 0 aliphatic heterocycles. The van der Waals surface area contributed by atoms with Gasteiger partial charge in [-0.1, -0.05) is 0 Å². The SMILES string of the molecule is CN(C)CCCCNC(=O)CCCOc1cccnc1. The van der Waals surface area contributed by atoms with Crippen LogP contribution in [0.2, 0.25) is 0 Å². The highest BCUT2D eigenvalue weighted by Gasteiger charge is 2.01. The normalized spacial score (nSPS) is 10.6. The molecule has 112 valence electrons. The van der Waals surface area contributed by atoms with E-state index in [1.807, 2.05) is 12.1 Å². The molecule has 0 aliphatic carbocycles. The van der Waals surface area contributed by atoms with Crippen LogP contribution >= 0.6 is 0 Å². The van der Waals surface area contributed by atoms with Crippen molar-refractivity contribution in [3.05, 3.63) is 24.5 Å². The lowest BCUT2D eigenvalue weighted by Gasteiger charge is -2.09. The molecular formula is C15H25N3O2. The maximum atomic E-state index is 11.6. The number of aromatic nitrogens is 1. The van der Waals surface area contributed by atoms with Crippen molar-refractivity contribution in [2.24, 2.45) is 0 Å². The molecule has 1 amide bonds. The zero-order valence-corrected chi connectivity index (χ0v) is 12.5. The predicted octanol–water partition coefficient (Wildman–Crippen LogP) is 1.70. The molecule has 0 radical (unpaired) electrons. The first-order valence-corrected chi connectivity index (χ1v) is 7.13. The summed E-state index contributed by atoms with van der Waals surface area (Å²) in [7, 11) is 4.11. The molecule has 1 aromatic heterocycles. The minimum atomic E-state index is 0.102. The summed E-state index contributed by atoms with van der Waals surface area (Å²) in [6, 6.07) is 3.69. The fourth-order valence-electron chi connectivity index (χ4n) is 1.72. The Hall–Kier alpha value is -1.62. The zero-order valence-electron chi connectivity index (χ0n) is 12.5. The Kier molecular flexibility index (Phi) is 8.38. The van der Waals surface area contributed by atoms with Crippen molar-refractivity contribution in [2.45, 2.75) is 25.7 Å². The minimum Gasteiger partial charge on any atom is -0.492 e. The third-order valence-electron chi connectivity index (χ3n) is 2.81. The van der Waals surface area contributed by atoms with E-state index >= 15 is 0 Å². The van der Waals surface area contributed by atoms with Crippen LogP contribution in [0.5, 0.6) is 5.75 Å². The zero-order chi connectivity index (χ0) is 14.6. The van der Waals surface area contributed by atoms with E-state index in [1.165, 1.54) is 0 Å². The molecule has 0 saturated carbocycles. The van der Waals surface area contributed by atoms with Gasteiger partial charge in [-0.3, -0.25) is 9.78 Å². The first kappa shape index (κ1) is 16.4.